The molecule has 3 unspecified atom stereocenters. The number of guanidine groups is 1. The van der Waals surface area contributed by atoms with E-state index >= 15 is 0 Å². The molecule has 0 fully saturated rings. The summed E-state index contributed by atoms with van der Waals surface area (Å²) in [6.45, 7) is 2.30. The van der Waals surface area contributed by atoms with Crippen LogP contribution in [0.2, 0.25) is 0 Å². The van der Waals surface area contributed by atoms with Gasteiger partial charge in [0.15, 0.2) is 5.96 Å². The molecule has 0 aromatic heterocycles. The van der Waals surface area contributed by atoms with Crippen molar-refractivity contribution in [2.75, 3.05) is 6.54 Å². The van der Waals surface area contributed by atoms with Gasteiger partial charge >= 0.3 is 0 Å². The fourth-order valence-electron chi connectivity index (χ4n) is 2.95. The van der Waals surface area contributed by atoms with E-state index in [-0.39, 0.29) is 18.8 Å². The van der Waals surface area contributed by atoms with E-state index in [0.29, 0.717) is 19.4 Å². The highest BCUT2D eigenvalue weighted by Gasteiger charge is 2.27. The van der Waals surface area contributed by atoms with Crippen molar-refractivity contribution in [1.82, 2.24) is 10.6 Å². The summed E-state index contributed by atoms with van der Waals surface area (Å²) in [5, 5.41) is 5.33. The third-order valence-corrected chi connectivity index (χ3v) is 4.73. The Bertz CT molecular complexity index is 736. The van der Waals surface area contributed by atoms with Crippen LogP contribution in [-0.4, -0.2) is 48.4 Å². The molecule has 1 rings (SSSR count). The zero-order valence-electron chi connectivity index (χ0n) is 18.0. The summed E-state index contributed by atoms with van der Waals surface area (Å²) in [6, 6.07) is 6.66. The first-order valence-electron chi connectivity index (χ1n) is 10.5. The van der Waals surface area contributed by atoms with Gasteiger partial charge in [-0.25, -0.2) is 0 Å². The van der Waals surface area contributed by atoms with E-state index in [9.17, 15) is 14.4 Å². The zero-order chi connectivity index (χ0) is 23.2. The van der Waals surface area contributed by atoms with Crippen LogP contribution in [0.3, 0.4) is 0 Å². The minimum absolute atomic E-state index is 0.0525. The lowest BCUT2D eigenvalue weighted by Crippen LogP contribution is -2.55. The molecule has 0 saturated carbocycles. The summed E-state index contributed by atoms with van der Waals surface area (Å²) in [4.78, 5) is 41.1. The first-order chi connectivity index (χ1) is 14.7. The van der Waals surface area contributed by atoms with Gasteiger partial charge in [0.2, 0.25) is 17.7 Å². The summed E-state index contributed by atoms with van der Waals surface area (Å²) >= 11 is 0. The third-order valence-electron chi connectivity index (χ3n) is 4.73. The second-order valence-electron chi connectivity index (χ2n) is 7.41. The van der Waals surface area contributed by atoms with Crippen molar-refractivity contribution in [3.05, 3.63) is 35.9 Å². The number of benzene rings is 1. The molecule has 3 amide bonds. The lowest BCUT2D eigenvalue weighted by Gasteiger charge is -2.23. The Morgan fingerprint density at radius 2 is 1.58 bits per heavy atom. The van der Waals surface area contributed by atoms with E-state index in [1.807, 2.05) is 37.3 Å². The summed E-state index contributed by atoms with van der Waals surface area (Å²) in [5.41, 5.74) is 22.9. The molecule has 172 valence electrons. The van der Waals surface area contributed by atoms with Crippen LogP contribution in [0.25, 0.3) is 0 Å². The number of nitrogens with two attached hydrogens (primary N) is 4. The molecule has 0 aliphatic rings. The van der Waals surface area contributed by atoms with Crippen molar-refractivity contribution in [3.63, 3.8) is 0 Å². The molecule has 10 N–H and O–H groups in total. The number of amides is 3. The fourth-order valence-corrected chi connectivity index (χ4v) is 2.95. The van der Waals surface area contributed by atoms with Crippen LogP contribution in [-0.2, 0) is 20.8 Å². The maximum atomic E-state index is 12.9. The van der Waals surface area contributed by atoms with Crippen molar-refractivity contribution in [2.24, 2.45) is 27.9 Å². The third kappa shape index (κ3) is 10.4. The maximum absolute atomic E-state index is 12.9. The smallest absolute Gasteiger partial charge is 0.243 e. The highest BCUT2D eigenvalue weighted by atomic mass is 16.2. The standard InChI is InChI=1S/C21H35N7O3/c1-2-3-10-15(22)19(30)27-16(11-7-12-26-21(24)25)20(31)28-17(18(23)29)13-14-8-5-4-6-9-14/h4-6,8-9,15-17H,2-3,7,10-13,22H2,1H3,(H2,23,29)(H,27,30)(H,28,31)(H4,24,25,26). The normalized spacial score (nSPS) is 13.5. The number of carbonyl (C=O) groups excluding carboxylic acids is 3. The molecule has 0 spiro atoms. The van der Waals surface area contributed by atoms with Crippen LogP contribution in [0.1, 0.15) is 44.6 Å². The van der Waals surface area contributed by atoms with E-state index in [0.717, 1.165) is 18.4 Å². The second-order valence-corrected chi connectivity index (χ2v) is 7.41. The van der Waals surface area contributed by atoms with Crippen LogP contribution in [0.15, 0.2) is 35.3 Å². The van der Waals surface area contributed by atoms with Gasteiger partial charge in [0.25, 0.3) is 0 Å². The highest BCUT2D eigenvalue weighted by molar-refractivity contribution is 5.92. The Balaban J connectivity index is 2.84. The monoisotopic (exact) mass is 433 g/mol. The van der Waals surface area contributed by atoms with Gasteiger partial charge < -0.3 is 33.6 Å². The molecule has 10 nitrogen and oxygen atoms in total. The molecule has 31 heavy (non-hydrogen) atoms. The molecule has 0 bridgehead atoms. The Hall–Kier alpha value is -3.14. The van der Waals surface area contributed by atoms with Crippen LogP contribution in [0.5, 0.6) is 0 Å². The van der Waals surface area contributed by atoms with Gasteiger partial charge in [-0.15, -0.1) is 0 Å². The fraction of sp³-hybridized carbons (Fsp3) is 0.524. The minimum Gasteiger partial charge on any atom is -0.370 e. The number of aliphatic imine (C=N–C) groups is 1. The predicted molar refractivity (Wildman–Crippen MR) is 121 cm³/mol. The molecular weight excluding hydrogens is 398 g/mol. The number of carbonyl (C=O) groups is 3. The van der Waals surface area contributed by atoms with Gasteiger partial charge in [0.05, 0.1) is 6.04 Å². The van der Waals surface area contributed by atoms with E-state index in [1.54, 1.807) is 0 Å². The number of nitrogens with one attached hydrogen (secondary N) is 2. The number of hydrogen-bond acceptors (Lipinski definition) is 5. The van der Waals surface area contributed by atoms with Crippen molar-refractivity contribution >= 4 is 23.7 Å². The Morgan fingerprint density at radius 3 is 2.16 bits per heavy atom. The maximum Gasteiger partial charge on any atom is 0.243 e. The van der Waals surface area contributed by atoms with Gasteiger partial charge in [-0.2, -0.15) is 0 Å². The van der Waals surface area contributed by atoms with E-state index in [2.05, 4.69) is 15.6 Å². The molecule has 0 saturated heterocycles. The van der Waals surface area contributed by atoms with Crippen LogP contribution >= 0.6 is 0 Å². The van der Waals surface area contributed by atoms with E-state index in [1.165, 1.54) is 0 Å². The van der Waals surface area contributed by atoms with Gasteiger partial charge in [0.1, 0.15) is 12.1 Å². The average Bonchev–Trinajstić information content (AvgIpc) is 2.73. The molecular formula is C21H35N7O3. The number of hydrogen-bond donors (Lipinski definition) is 6. The second kappa shape index (κ2) is 14.0. The summed E-state index contributed by atoms with van der Waals surface area (Å²) in [6.07, 6.45) is 3.18. The van der Waals surface area contributed by atoms with E-state index < -0.39 is 35.8 Å². The van der Waals surface area contributed by atoms with Gasteiger partial charge in [-0.05, 0) is 24.8 Å². The predicted octanol–water partition coefficient (Wildman–Crippen LogP) is -0.745. The highest BCUT2D eigenvalue weighted by Crippen LogP contribution is 2.06. The van der Waals surface area contributed by atoms with Gasteiger partial charge in [-0.1, -0.05) is 50.1 Å². The minimum atomic E-state index is -0.916. The molecule has 3 atom stereocenters. The average molecular weight is 434 g/mol. The molecule has 0 radical (unpaired) electrons. The van der Waals surface area contributed by atoms with Crippen molar-refractivity contribution in [3.8, 4) is 0 Å². The Labute approximate surface area is 183 Å². The van der Waals surface area contributed by atoms with Crippen LogP contribution in [0.4, 0.5) is 0 Å². The largest absolute Gasteiger partial charge is 0.370 e. The summed E-state index contributed by atoms with van der Waals surface area (Å²) < 4.78 is 0. The molecule has 1 aromatic rings. The van der Waals surface area contributed by atoms with Gasteiger partial charge in [-0.3, -0.25) is 19.4 Å². The molecule has 1 aromatic carbocycles. The SMILES string of the molecule is CCCCC(N)C(=O)NC(CCCN=C(N)N)C(=O)NC(Cc1ccccc1)C(N)=O. The van der Waals surface area contributed by atoms with E-state index in [4.69, 9.17) is 22.9 Å². The number of rotatable bonds is 14. The first kappa shape index (κ1) is 25.9. The topological polar surface area (TPSA) is 192 Å². The molecule has 0 aliphatic heterocycles. The Kier molecular flexibility index (Phi) is 11.7. The van der Waals surface area contributed by atoms with Crippen molar-refractivity contribution in [2.45, 2.75) is 63.6 Å². The van der Waals surface area contributed by atoms with Gasteiger partial charge in [0, 0.05) is 13.0 Å². The Morgan fingerprint density at radius 1 is 0.935 bits per heavy atom. The molecule has 10 heteroatoms. The van der Waals surface area contributed by atoms with Crippen LogP contribution in [0, 0.1) is 0 Å². The number of primary amides is 1. The molecule has 0 heterocycles. The molecule has 0 aliphatic carbocycles. The van der Waals surface area contributed by atoms with Crippen molar-refractivity contribution < 1.29 is 14.4 Å². The summed E-state index contributed by atoms with van der Waals surface area (Å²) in [5.74, 6) is -1.65. The number of unbranched alkanes of at least 4 members (excludes halogenated alkanes) is 1. The zero-order valence-corrected chi connectivity index (χ0v) is 18.0. The first-order valence-corrected chi connectivity index (χ1v) is 10.5. The lowest BCUT2D eigenvalue weighted by molar-refractivity contribution is -0.132. The van der Waals surface area contributed by atoms with Crippen LogP contribution < -0.4 is 33.6 Å². The quantitative estimate of drug-likeness (QED) is 0.127. The van der Waals surface area contributed by atoms with Crippen molar-refractivity contribution in [1.29, 1.82) is 0 Å². The number of nitrogens with zero attached hydrogens (tertiary/aromatic N) is 1. The summed E-state index contributed by atoms with van der Waals surface area (Å²) in [7, 11) is 0. The lowest BCUT2D eigenvalue weighted by atomic mass is 10.0.